The van der Waals surface area contributed by atoms with Crippen LogP contribution < -0.4 is 11.1 Å². The molecule has 3 aromatic rings. The van der Waals surface area contributed by atoms with Gasteiger partial charge in [0.1, 0.15) is 23.2 Å². The van der Waals surface area contributed by atoms with Crippen molar-refractivity contribution in [2.24, 2.45) is 16.6 Å². The Balaban J connectivity index is 1.12. The number of likely N-dealkylation sites (tertiary alicyclic amines) is 1. The largest absolute Gasteiger partial charge is 0.482 e. The number of amidine groups is 1. The average molecular weight is 699 g/mol. The number of piperidine rings is 1. The van der Waals surface area contributed by atoms with Gasteiger partial charge in [-0.2, -0.15) is 0 Å². The lowest BCUT2D eigenvalue weighted by atomic mass is 9.93. The van der Waals surface area contributed by atoms with Crippen LogP contribution in [0.5, 0.6) is 0 Å². The first-order valence-electron chi connectivity index (χ1n) is 18.1. The maximum Gasteiger partial charge on any atom is 0.280 e. The molecule has 0 radical (unpaired) electrons. The van der Waals surface area contributed by atoms with Crippen LogP contribution in [0.1, 0.15) is 104 Å². The monoisotopic (exact) mass is 698 g/mol. The number of fused-ring (bicyclic) bond motifs is 5. The summed E-state index contributed by atoms with van der Waals surface area (Å²) in [7, 11) is 1.62. The molecule has 1 saturated carbocycles. The SMILES string of the molecule is COC1=CC(C(=O)N2C[C@H](N)[C@@H]3CC[C@H]2C3)=CC2=NC(c3cc4ccc5nc4n3CCCCCc3nc(C(F)F)ccc3C(=O)N[C@@H]5C)C(C)N12. The number of nitrogens with two attached hydrogens (primary N) is 1. The second kappa shape index (κ2) is 13.2. The fraction of sp³-hybridized carbons (Fsp3) is 0.500. The number of ether oxygens (including phenoxy) is 1. The molecule has 2 amide bonds. The fourth-order valence-corrected chi connectivity index (χ4v) is 8.67. The average Bonchev–Trinajstić information content (AvgIpc) is 3.82. The van der Waals surface area contributed by atoms with Gasteiger partial charge in [-0.15, -0.1) is 0 Å². The molecule has 3 aromatic heterocycles. The summed E-state index contributed by atoms with van der Waals surface area (Å²) in [6.07, 6.45) is 6.71. The third-order valence-corrected chi connectivity index (χ3v) is 11.5. The van der Waals surface area contributed by atoms with Crippen LogP contribution in [0.25, 0.3) is 11.0 Å². The molecule has 11 nitrogen and oxygen atoms in total. The Kier molecular flexibility index (Phi) is 8.64. The lowest BCUT2D eigenvalue weighted by Crippen LogP contribution is -2.52. The van der Waals surface area contributed by atoms with Gasteiger partial charge in [0, 0.05) is 47.9 Å². The number of alkyl halides is 2. The molecule has 1 saturated heterocycles. The van der Waals surface area contributed by atoms with Crippen molar-refractivity contribution >= 4 is 28.7 Å². The number of halogens is 2. The highest BCUT2D eigenvalue weighted by Crippen LogP contribution is 2.41. The number of nitrogens with one attached hydrogen (secondary N) is 1. The summed E-state index contributed by atoms with van der Waals surface area (Å²) < 4.78 is 35.2. The van der Waals surface area contributed by atoms with Gasteiger partial charge in [0.15, 0.2) is 5.88 Å². The molecule has 2 fully saturated rings. The lowest BCUT2D eigenvalue weighted by molar-refractivity contribution is -0.130. The number of aromatic nitrogens is 3. The molecule has 5 aliphatic rings. The minimum Gasteiger partial charge on any atom is -0.482 e. The van der Waals surface area contributed by atoms with Crippen molar-refractivity contribution in [1.82, 2.24) is 29.7 Å². The summed E-state index contributed by atoms with van der Waals surface area (Å²) in [5, 5.41) is 3.98. The van der Waals surface area contributed by atoms with E-state index in [4.69, 9.17) is 20.4 Å². The van der Waals surface area contributed by atoms with Crippen molar-refractivity contribution in [2.45, 2.75) is 102 Å². The van der Waals surface area contributed by atoms with E-state index in [1.807, 2.05) is 36.1 Å². The van der Waals surface area contributed by atoms with Crippen molar-refractivity contribution < 1.29 is 23.1 Å². The molecule has 2 unspecified atom stereocenters. The van der Waals surface area contributed by atoms with Crippen LogP contribution in [-0.4, -0.2) is 73.8 Å². The van der Waals surface area contributed by atoms with Crippen molar-refractivity contribution in [3.8, 4) is 0 Å². The van der Waals surface area contributed by atoms with E-state index in [1.165, 1.54) is 12.1 Å². The highest BCUT2D eigenvalue weighted by atomic mass is 19.3. The summed E-state index contributed by atoms with van der Waals surface area (Å²) in [4.78, 5) is 45.8. The van der Waals surface area contributed by atoms with Gasteiger partial charge in [-0.05, 0) is 94.7 Å². The van der Waals surface area contributed by atoms with Crippen LogP contribution in [-0.2, 0) is 22.5 Å². The van der Waals surface area contributed by atoms with Crippen LogP contribution in [0.4, 0.5) is 8.78 Å². The lowest BCUT2D eigenvalue weighted by Gasteiger charge is -2.38. The van der Waals surface area contributed by atoms with Crippen LogP contribution in [0, 0.1) is 5.92 Å². The Morgan fingerprint density at radius 2 is 1.92 bits per heavy atom. The number of aliphatic imine (C=N–C) groups is 1. The van der Waals surface area contributed by atoms with Gasteiger partial charge in [0.05, 0.1) is 36.1 Å². The molecule has 4 aliphatic heterocycles. The Labute approximate surface area is 295 Å². The second-order valence-electron chi connectivity index (χ2n) is 14.6. The first-order chi connectivity index (χ1) is 24.6. The molecule has 7 heterocycles. The predicted molar refractivity (Wildman–Crippen MR) is 188 cm³/mol. The number of hydrogen-bond donors (Lipinski definition) is 2. The van der Waals surface area contributed by atoms with Gasteiger partial charge < -0.3 is 25.3 Å². The number of hydrogen-bond acceptors (Lipinski definition) is 8. The topological polar surface area (TPSA) is 131 Å². The van der Waals surface area contributed by atoms with Crippen molar-refractivity contribution in [2.75, 3.05) is 13.7 Å². The van der Waals surface area contributed by atoms with Gasteiger partial charge in [-0.25, -0.2) is 13.8 Å². The quantitative estimate of drug-likeness (QED) is 0.368. The number of aryl methyl sites for hydroxylation is 2. The van der Waals surface area contributed by atoms with E-state index in [0.29, 0.717) is 66.1 Å². The number of rotatable bonds is 4. The molecular weight excluding hydrogens is 654 g/mol. The summed E-state index contributed by atoms with van der Waals surface area (Å²) in [6, 6.07) is 8.12. The van der Waals surface area contributed by atoms with E-state index < -0.39 is 12.5 Å². The number of amides is 2. The maximum atomic E-state index is 13.9. The summed E-state index contributed by atoms with van der Waals surface area (Å²) in [5.41, 5.74) is 9.87. The first kappa shape index (κ1) is 33.5. The Hall–Kier alpha value is -4.65. The molecule has 4 bridgehead atoms. The summed E-state index contributed by atoms with van der Waals surface area (Å²) in [5.74, 6) is 1.35. The molecule has 6 atom stereocenters. The Bertz CT molecular complexity index is 1990. The molecule has 13 heteroatoms. The van der Waals surface area contributed by atoms with Gasteiger partial charge in [-0.3, -0.25) is 24.5 Å². The van der Waals surface area contributed by atoms with E-state index in [9.17, 15) is 18.4 Å². The smallest absolute Gasteiger partial charge is 0.280 e. The van der Waals surface area contributed by atoms with E-state index in [1.54, 1.807) is 7.11 Å². The van der Waals surface area contributed by atoms with E-state index in [-0.39, 0.29) is 41.7 Å². The van der Waals surface area contributed by atoms with Crippen LogP contribution in [0.15, 0.2) is 58.9 Å². The highest BCUT2D eigenvalue weighted by Gasteiger charge is 2.44. The number of nitrogens with zero attached hydrogens (tertiary/aromatic N) is 6. The zero-order valence-corrected chi connectivity index (χ0v) is 29.2. The maximum absolute atomic E-state index is 13.9. The molecular formula is C38H44F2N8O3. The van der Waals surface area contributed by atoms with Crippen molar-refractivity contribution in [3.63, 3.8) is 0 Å². The molecule has 3 N–H and O–H groups in total. The fourth-order valence-electron chi connectivity index (χ4n) is 8.67. The second-order valence-corrected chi connectivity index (χ2v) is 14.6. The number of carbonyl (C=O) groups excluding carboxylic acids is 2. The van der Waals surface area contributed by atoms with Gasteiger partial charge in [0.25, 0.3) is 18.2 Å². The summed E-state index contributed by atoms with van der Waals surface area (Å²) >= 11 is 0. The zero-order chi connectivity index (χ0) is 35.6. The number of pyridine rings is 2. The normalized spacial score (nSPS) is 27.8. The van der Waals surface area contributed by atoms with E-state index in [0.717, 1.165) is 48.8 Å². The number of carbonyl (C=O) groups is 2. The van der Waals surface area contributed by atoms with Gasteiger partial charge in [0.2, 0.25) is 0 Å². The first-order valence-corrected chi connectivity index (χ1v) is 18.1. The van der Waals surface area contributed by atoms with Crippen LogP contribution >= 0.6 is 0 Å². The Morgan fingerprint density at radius 3 is 2.73 bits per heavy atom. The standard InChI is InChI=1S/C38H44F2N8O3/c1-20-28-12-9-23-16-31(46(36(23)44-28)14-6-4-5-7-29-26(37(49)42-20)11-13-30(43-29)35(39)40)34-21(2)48-32(45-34)17-24(18-33(48)51-3)38(50)47-19-27(41)22-8-10-25(47)15-22/h9,11-13,16-18,20-22,25,27,34-35H,4-8,10,14-15,19,41H2,1-3H3,(H,42,49)/t20-,21?,22-,25+,27+,34?/m1/s1. The van der Waals surface area contributed by atoms with Crippen LogP contribution in [0.2, 0.25) is 0 Å². The predicted octanol–water partition coefficient (Wildman–Crippen LogP) is 5.50. The van der Waals surface area contributed by atoms with Crippen molar-refractivity contribution in [3.05, 3.63) is 82.3 Å². The molecule has 0 aromatic carbocycles. The third kappa shape index (κ3) is 5.88. The number of methoxy groups -OCH3 is 1. The summed E-state index contributed by atoms with van der Waals surface area (Å²) in [6.45, 7) is 5.21. The van der Waals surface area contributed by atoms with Gasteiger partial charge >= 0.3 is 0 Å². The molecule has 0 spiro atoms. The highest BCUT2D eigenvalue weighted by molar-refractivity contribution is 6.08. The van der Waals surface area contributed by atoms with E-state index >= 15 is 0 Å². The van der Waals surface area contributed by atoms with Crippen molar-refractivity contribution in [1.29, 1.82) is 0 Å². The zero-order valence-electron chi connectivity index (χ0n) is 29.2. The van der Waals surface area contributed by atoms with Gasteiger partial charge in [-0.1, -0.05) is 6.42 Å². The van der Waals surface area contributed by atoms with E-state index in [2.05, 4.69) is 32.8 Å². The van der Waals surface area contributed by atoms with Crippen LogP contribution in [0.3, 0.4) is 0 Å². The third-order valence-electron chi connectivity index (χ3n) is 11.5. The Morgan fingerprint density at radius 1 is 1.08 bits per heavy atom. The minimum absolute atomic E-state index is 0.00329. The molecule has 51 heavy (non-hydrogen) atoms. The molecule has 268 valence electrons. The minimum atomic E-state index is -2.71. The molecule has 1 aliphatic carbocycles. The molecule has 8 rings (SSSR count).